The molecule has 188 valence electrons. The summed E-state index contributed by atoms with van der Waals surface area (Å²) in [6.45, 7) is -6.27. The first-order valence-corrected chi connectivity index (χ1v) is 12.8. The largest absolute Gasteiger partial charge is 0.481 e. The molecule has 4 aromatic carbocycles. The summed E-state index contributed by atoms with van der Waals surface area (Å²) in [6.07, 6.45) is -0.225. The zero-order valence-electron chi connectivity index (χ0n) is 26.4. The Labute approximate surface area is 235 Å². The first-order chi connectivity index (χ1) is 20.3. The van der Waals surface area contributed by atoms with Crippen LogP contribution in [0.4, 0.5) is 0 Å². The molecule has 5 aromatic rings. The van der Waals surface area contributed by atoms with Crippen LogP contribution in [0.5, 0.6) is 5.88 Å². The van der Waals surface area contributed by atoms with Crippen LogP contribution in [0.3, 0.4) is 0 Å². The third kappa shape index (κ3) is 4.99. The topological polar surface area (TPSA) is 45.6 Å². The van der Waals surface area contributed by atoms with Gasteiger partial charge in [0.2, 0.25) is 5.88 Å². The predicted molar refractivity (Wildman–Crippen MR) is 155 cm³/mol. The van der Waals surface area contributed by atoms with E-state index in [2.05, 4.69) is 15.9 Å². The van der Waals surface area contributed by atoms with Crippen molar-refractivity contribution >= 4 is 37.6 Å². The number of methoxy groups -OCH3 is 1. The highest BCUT2D eigenvalue weighted by molar-refractivity contribution is 9.10. The number of fused-ring (bicyclic) bond motifs is 2. The molecule has 5 heteroatoms. The number of aliphatic hydroxyl groups is 1. The van der Waals surface area contributed by atoms with E-state index in [-0.39, 0.29) is 6.42 Å². The minimum Gasteiger partial charge on any atom is -0.481 e. The molecule has 0 aliphatic heterocycles. The van der Waals surface area contributed by atoms with E-state index >= 15 is 0 Å². The van der Waals surface area contributed by atoms with Crippen molar-refractivity contribution in [3.05, 3.63) is 118 Å². The highest BCUT2D eigenvalue weighted by Crippen LogP contribution is 2.49. The molecule has 0 saturated carbocycles. The number of hydrogen-bond donors (Lipinski definition) is 1. The number of halogens is 1. The molecule has 0 aliphatic carbocycles. The van der Waals surface area contributed by atoms with Gasteiger partial charge >= 0.3 is 0 Å². The van der Waals surface area contributed by atoms with Crippen LogP contribution in [0.15, 0.2) is 102 Å². The molecule has 2 atom stereocenters. The summed E-state index contributed by atoms with van der Waals surface area (Å²) in [4.78, 5) is 5.27. The van der Waals surface area contributed by atoms with Gasteiger partial charge in [-0.15, -0.1) is 0 Å². The molecular formula is C32H31BrN2O2. The van der Waals surface area contributed by atoms with Gasteiger partial charge in [-0.1, -0.05) is 88.7 Å². The van der Waals surface area contributed by atoms with E-state index in [9.17, 15) is 5.11 Å². The molecule has 0 bridgehead atoms. The van der Waals surface area contributed by atoms with Crippen molar-refractivity contribution < 1.29 is 18.1 Å². The van der Waals surface area contributed by atoms with Gasteiger partial charge in [0.1, 0.15) is 5.60 Å². The molecule has 1 aromatic heterocycles. The molecular weight excluding hydrogens is 524 g/mol. The Hall–Kier alpha value is -3.25. The second kappa shape index (κ2) is 10.6. The summed E-state index contributed by atoms with van der Waals surface area (Å²) in [5.74, 6) is -0.536. The predicted octanol–water partition coefficient (Wildman–Crippen LogP) is 7.13. The van der Waals surface area contributed by atoms with Gasteiger partial charge in [-0.05, 0) is 66.5 Å². The van der Waals surface area contributed by atoms with Crippen LogP contribution in [0.1, 0.15) is 37.3 Å². The van der Waals surface area contributed by atoms with Crippen molar-refractivity contribution in [3.8, 4) is 5.88 Å². The van der Waals surface area contributed by atoms with Crippen molar-refractivity contribution in [2.45, 2.75) is 17.9 Å². The van der Waals surface area contributed by atoms with Crippen LogP contribution in [-0.4, -0.2) is 42.6 Å². The van der Waals surface area contributed by atoms with Crippen LogP contribution in [0, 0.1) is 0 Å². The van der Waals surface area contributed by atoms with Gasteiger partial charge in [0.05, 0.1) is 12.6 Å². The molecule has 0 unspecified atom stereocenters. The molecule has 1 heterocycles. The number of hydrogen-bond acceptors (Lipinski definition) is 4. The monoisotopic (exact) mass is 560 g/mol. The van der Waals surface area contributed by atoms with Crippen LogP contribution in [0.25, 0.3) is 21.7 Å². The Morgan fingerprint density at radius 1 is 0.946 bits per heavy atom. The summed E-state index contributed by atoms with van der Waals surface area (Å²) in [7, 11) is 1.51. The molecule has 0 spiro atoms. The van der Waals surface area contributed by atoms with Crippen molar-refractivity contribution in [1.82, 2.24) is 9.88 Å². The summed E-state index contributed by atoms with van der Waals surface area (Å²) in [6, 6.07) is 30.1. The fourth-order valence-electron chi connectivity index (χ4n) is 5.19. The molecule has 0 fully saturated rings. The van der Waals surface area contributed by atoms with Gasteiger partial charge in [-0.3, -0.25) is 0 Å². The maximum Gasteiger partial charge on any atom is 0.217 e. The molecule has 0 radical (unpaired) electrons. The Bertz CT molecular complexity index is 1730. The first-order valence-electron chi connectivity index (χ1n) is 15.0. The molecule has 4 nitrogen and oxygen atoms in total. The molecule has 0 aliphatic rings. The summed E-state index contributed by atoms with van der Waals surface area (Å²) in [5, 5.41) is 15.6. The third-order valence-electron chi connectivity index (χ3n) is 6.86. The summed E-state index contributed by atoms with van der Waals surface area (Å²) >= 11 is 3.54. The smallest absolute Gasteiger partial charge is 0.217 e. The zero-order valence-corrected chi connectivity index (χ0v) is 21.9. The number of ether oxygens (including phenoxy) is 1. The third-order valence-corrected chi connectivity index (χ3v) is 7.35. The lowest BCUT2D eigenvalue weighted by molar-refractivity contribution is 0.00520. The van der Waals surface area contributed by atoms with E-state index in [4.69, 9.17) is 17.9 Å². The van der Waals surface area contributed by atoms with Gasteiger partial charge in [0.25, 0.3) is 0 Å². The molecule has 5 rings (SSSR count). The van der Waals surface area contributed by atoms with E-state index in [0.29, 0.717) is 27.4 Å². The highest BCUT2D eigenvalue weighted by atomic mass is 79.9. The SMILES string of the molecule is [2H]C([2H])([2H])N(CC[C@@](O)(c1cccc2ccccc12)[C@@H](c1ccccc1)c1cc2cc(Br)ccc2nc1OC)C([2H])([2H])[2H]. The lowest BCUT2D eigenvalue weighted by atomic mass is 9.70. The Kier molecular flexibility index (Phi) is 5.43. The van der Waals surface area contributed by atoms with Crippen molar-refractivity contribution in [1.29, 1.82) is 0 Å². The van der Waals surface area contributed by atoms with Crippen LogP contribution < -0.4 is 4.74 Å². The number of pyridine rings is 1. The quantitative estimate of drug-likeness (QED) is 0.219. The van der Waals surface area contributed by atoms with E-state index in [1.54, 1.807) is 0 Å². The van der Waals surface area contributed by atoms with E-state index in [0.717, 1.165) is 26.2 Å². The average molecular weight is 562 g/mol. The summed E-state index contributed by atoms with van der Waals surface area (Å²) in [5.41, 5.74) is 0.712. The van der Waals surface area contributed by atoms with E-state index < -0.39 is 32.0 Å². The van der Waals surface area contributed by atoms with E-state index in [1.807, 2.05) is 97.1 Å². The maximum atomic E-state index is 13.2. The first kappa shape index (κ1) is 18.9. The second-order valence-electron chi connectivity index (χ2n) is 9.12. The number of aromatic nitrogens is 1. The normalized spacial score (nSPS) is 17.2. The number of rotatable bonds is 8. The van der Waals surface area contributed by atoms with E-state index in [1.165, 1.54) is 7.11 Å². The molecule has 0 amide bonds. The van der Waals surface area contributed by atoms with Crippen molar-refractivity contribution in [3.63, 3.8) is 0 Å². The lowest BCUT2D eigenvalue weighted by Crippen LogP contribution is -2.38. The number of nitrogens with zero attached hydrogens (tertiary/aromatic N) is 2. The van der Waals surface area contributed by atoms with Crippen LogP contribution in [-0.2, 0) is 5.60 Å². The van der Waals surface area contributed by atoms with Gasteiger partial charge < -0.3 is 14.7 Å². The Balaban J connectivity index is 1.82. The molecule has 0 saturated heterocycles. The second-order valence-corrected chi connectivity index (χ2v) is 10.0. The zero-order chi connectivity index (χ0) is 31.0. The molecule has 1 N–H and O–H groups in total. The van der Waals surface area contributed by atoms with Gasteiger partial charge in [-0.25, -0.2) is 4.98 Å². The van der Waals surface area contributed by atoms with Gasteiger partial charge in [-0.2, -0.15) is 0 Å². The summed E-state index contributed by atoms with van der Waals surface area (Å²) < 4.78 is 54.6. The fraction of sp³-hybridized carbons (Fsp3) is 0.219. The maximum absolute atomic E-state index is 13.2. The van der Waals surface area contributed by atoms with Gasteiger partial charge in [0, 0.05) is 36.1 Å². The minimum atomic E-state index is -2.92. The lowest BCUT2D eigenvalue weighted by Gasteiger charge is -2.39. The van der Waals surface area contributed by atoms with Gasteiger partial charge in [0.15, 0.2) is 0 Å². The Morgan fingerprint density at radius 2 is 1.70 bits per heavy atom. The minimum absolute atomic E-state index is 0.225. The highest BCUT2D eigenvalue weighted by Gasteiger charge is 2.43. The van der Waals surface area contributed by atoms with Crippen LogP contribution >= 0.6 is 15.9 Å². The molecule has 37 heavy (non-hydrogen) atoms. The van der Waals surface area contributed by atoms with Crippen molar-refractivity contribution in [2.75, 3.05) is 27.6 Å². The fourth-order valence-corrected chi connectivity index (χ4v) is 5.57. The van der Waals surface area contributed by atoms with Crippen LogP contribution in [0.2, 0.25) is 0 Å². The number of benzene rings is 4. The standard InChI is InChI=1S/C32H31BrN2O2/c1-35(2)19-18-32(36,28-15-9-13-22-10-7-8-14-26(22)28)30(23-11-5-4-6-12-23)27-21-24-20-25(33)16-17-29(24)34-31(27)37-3/h4-17,20-21,30,36H,18-19H2,1-3H3/t30-,32+/m0/s1/i1D3,2D3. The Morgan fingerprint density at radius 3 is 2.49 bits per heavy atom. The van der Waals surface area contributed by atoms with Crippen molar-refractivity contribution in [2.24, 2.45) is 0 Å². The average Bonchev–Trinajstić information content (AvgIpc) is 2.95.